The highest BCUT2D eigenvalue weighted by Crippen LogP contribution is 2.23. The first kappa shape index (κ1) is 23.3. The van der Waals surface area contributed by atoms with E-state index in [2.05, 4.69) is 15.2 Å². The Hall–Kier alpha value is -2.91. The summed E-state index contributed by atoms with van der Waals surface area (Å²) in [5, 5.41) is 5.06. The maximum atomic E-state index is 12.8. The zero-order valence-electron chi connectivity index (χ0n) is 18.4. The van der Waals surface area contributed by atoms with Crippen LogP contribution < -0.4 is 15.0 Å². The Morgan fingerprint density at radius 3 is 2.61 bits per heavy atom. The van der Waals surface area contributed by atoms with E-state index in [0.717, 1.165) is 37.3 Å². The molecule has 1 N–H and O–H groups in total. The van der Waals surface area contributed by atoms with Crippen molar-refractivity contribution < 1.29 is 17.9 Å². The van der Waals surface area contributed by atoms with E-state index in [1.165, 1.54) is 11.3 Å². The SMILES string of the molecule is CCS(=O)(=O)c1ccc(N2CCC(NC(=O)c3cccc(OCc4cscn4)c3)CC2)cc1. The average molecular weight is 486 g/mol. The fourth-order valence-corrected chi connectivity index (χ4v) is 5.20. The number of hydrogen-bond donors (Lipinski definition) is 1. The third kappa shape index (κ3) is 5.91. The van der Waals surface area contributed by atoms with Gasteiger partial charge in [0.15, 0.2) is 9.84 Å². The van der Waals surface area contributed by atoms with Gasteiger partial charge in [0.05, 0.1) is 21.9 Å². The number of carbonyl (C=O) groups is 1. The van der Waals surface area contributed by atoms with Crippen LogP contribution in [0.4, 0.5) is 5.69 Å². The Morgan fingerprint density at radius 1 is 1.18 bits per heavy atom. The standard InChI is InChI=1S/C24H27N3O4S2/c1-2-33(29,30)23-8-6-21(7-9-23)27-12-10-19(11-13-27)26-24(28)18-4-3-5-22(14-18)31-15-20-16-32-17-25-20/h3-9,14,16-17,19H,2,10-13,15H2,1H3,(H,26,28). The zero-order chi connectivity index (χ0) is 23.3. The topological polar surface area (TPSA) is 88.6 Å². The van der Waals surface area contributed by atoms with Crippen LogP contribution in [0.5, 0.6) is 5.75 Å². The number of nitrogens with one attached hydrogen (secondary N) is 1. The van der Waals surface area contributed by atoms with Crippen LogP contribution in [0.1, 0.15) is 35.8 Å². The Kier molecular flexibility index (Phi) is 7.29. The lowest BCUT2D eigenvalue weighted by Gasteiger charge is -2.34. The van der Waals surface area contributed by atoms with Crippen molar-refractivity contribution in [3.05, 3.63) is 70.7 Å². The van der Waals surface area contributed by atoms with Crippen molar-refractivity contribution >= 4 is 32.8 Å². The lowest BCUT2D eigenvalue weighted by molar-refractivity contribution is 0.0930. The summed E-state index contributed by atoms with van der Waals surface area (Å²) in [6.07, 6.45) is 1.64. The molecule has 0 bridgehead atoms. The summed E-state index contributed by atoms with van der Waals surface area (Å²) < 4.78 is 29.7. The van der Waals surface area contributed by atoms with E-state index in [1.807, 2.05) is 29.6 Å². The van der Waals surface area contributed by atoms with E-state index in [9.17, 15) is 13.2 Å². The van der Waals surface area contributed by atoms with E-state index in [4.69, 9.17) is 4.74 Å². The summed E-state index contributed by atoms with van der Waals surface area (Å²) in [6.45, 7) is 3.61. The molecule has 1 aliphatic rings. The molecule has 0 aliphatic carbocycles. The normalized spacial score (nSPS) is 14.8. The number of piperidine rings is 1. The Bertz CT molecular complexity index is 1170. The fourth-order valence-electron chi connectivity index (χ4n) is 3.77. The predicted molar refractivity (Wildman–Crippen MR) is 130 cm³/mol. The molecule has 0 atom stereocenters. The molecule has 2 aromatic carbocycles. The van der Waals surface area contributed by atoms with Gasteiger partial charge in [-0.2, -0.15) is 0 Å². The minimum atomic E-state index is -3.19. The number of aromatic nitrogens is 1. The molecule has 0 radical (unpaired) electrons. The van der Waals surface area contributed by atoms with Crippen LogP contribution in [-0.4, -0.2) is 44.2 Å². The number of benzene rings is 2. The molecular formula is C24H27N3O4S2. The number of amides is 1. The summed E-state index contributed by atoms with van der Waals surface area (Å²) in [5.74, 6) is 0.624. The minimum absolute atomic E-state index is 0.0908. The van der Waals surface area contributed by atoms with Gasteiger partial charge < -0.3 is 15.0 Å². The second kappa shape index (κ2) is 10.4. The van der Waals surface area contributed by atoms with Crippen LogP contribution in [0.2, 0.25) is 0 Å². The lowest BCUT2D eigenvalue weighted by atomic mass is 10.0. The highest BCUT2D eigenvalue weighted by Gasteiger charge is 2.22. The van der Waals surface area contributed by atoms with Gasteiger partial charge in [-0.25, -0.2) is 13.4 Å². The van der Waals surface area contributed by atoms with Gasteiger partial charge >= 0.3 is 0 Å². The Labute approximate surface area is 198 Å². The highest BCUT2D eigenvalue weighted by molar-refractivity contribution is 7.91. The van der Waals surface area contributed by atoms with Crippen LogP contribution >= 0.6 is 11.3 Å². The fraction of sp³-hybridized carbons (Fsp3) is 0.333. The summed E-state index contributed by atoms with van der Waals surface area (Å²) in [7, 11) is -3.19. The molecule has 0 unspecified atom stereocenters. The van der Waals surface area contributed by atoms with Crippen molar-refractivity contribution in [1.82, 2.24) is 10.3 Å². The van der Waals surface area contributed by atoms with E-state index in [-0.39, 0.29) is 17.7 Å². The van der Waals surface area contributed by atoms with E-state index in [1.54, 1.807) is 36.7 Å². The molecule has 1 aromatic heterocycles. The second-order valence-corrected chi connectivity index (χ2v) is 10.9. The first-order valence-corrected chi connectivity index (χ1v) is 13.5. The lowest BCUT2D eigenvalue weighted by Crippen LogP contribution is -2.44. The number of thiazole rings is 1. The first-order chi connectivity index (χ1) is 15.9. The molecule has 9 heteroatoms. The molecule has 4 rings (SSSR count). The molecule has 0 spiro atoms. The smallest absolute Gasteiger partial charge is 0.251 e. The first-order valence-electron chi connectivity index (χ1n) is 10.9. The van der Waals surface area contributed by atoms with Crippen molar-refractivity contribution in [3.8, 4) is 5.75 Å². The minimum Gasteiger partial charge on any atom is -0.487 e. The third-order valence-corrected chi connectivity index (χ3v) is 8.12. The largest absolute Gasteiger partial charge is 0.487 e. The number of rotatable bonds is 8. The number of anilines is 1. The molecule has 1 aliphatic heterocycles. The van der Waals surface area contributed by atoms with Gasteiger partial charge in [0.1, 0.15) is 12.4 Å². The molecule has 1 saturated heterocycles. The van der Waals surface area contributed by atoms with Crippen LogP contribution in [0.15, 0.2) is 64.3 Å². The van der Waals surface area contributed by atoms with E-state index in [0.29, 0.717) is 22.8 Å². The van der Waals surface area contributed by atoms with Gasteiger partial charge in [-0.1, -0.05) is 13.0 Å². The number of hydrogen-bond acceptors (Lipinski definition) is 7. The molecule has 7 nitrogen and oxygen atoms in total. The Balaban J connectivity index is 1.29. The number of nitrogens with zero attached hydrogens (tertiary/aromatic N) is 2. The van der Waals surface area contributed by atoms with Gasteiger partial charge in [0, 0.05) is 35.8 Å². The molecule has 33 heavy (non-hydrogen) atoms. The van der Waals surface area contributed by atoms with Crippen molar-refractivity contribution in [2.45, 2.75) is 37.3 Å². The van der Waals surface area contributed by atoms with Gasteiger partial charge in [0.25, 0.3) is 5.91 Å². The maximum Gasteiger partial charge on any atom is 0.251 e. The van der Waals surface area contributed by atoms with E-state index >= 15 is 0 Å². The van der Waals surface area contributed by atoms with Gasteiger partial charge in [-0.05, 0) is 55.3 Å². The van der Waals surface area contributed by atoms with Gasteiger partial charge in [-0.15, -0.1) is 11.3 Å². The number of sulfone groups is 1. The van der Waals surface area contributed by atoms with Crippen molar-refractivity contribution in [2.24, 2.45) is 0 Å². The molecule has 2 heterocycles. The van der Waals surface area contributed by atoms with Gasteiger partial charge in [0.2, 0.25) is 0 Å². The van der Waals surface area contributed by atoms with Crippen LogP contribution in [0.25, 0.3) is 0 Å². The maximum absolute atomic E-state index is 12.8. The van der Waals surface area contributed by atoms with Crippen molar-refractivity contribution in [3.63, 3.8) is 0 Å². The van der Waals surface area contributed by atoms with Crippen LogP contribution in [0.3, 0.4) is 0 Å². The highest BCUT2D eigenvalue weighted by atomic mass is 32.2. The summed E-state index contributed by atoms with van der Waals surface area (Å²) in [4.78, 5) is 19.5. The molecule has 174 valence electrons. The quantitative estimate of drug-likeness (QED) is 0.520. The van der Waals surface area contributed by atoms with Crippen LogP contribution in [0, 0.1) is 0 Å². The van der Waals surface area contributed by atoms with Crippen LogP contribution in [-0.2, 0) is 16.4 Å². The third-order valence-electron chi connectivity index (χ3n) is 5.74. The molecule has 0 saturated carbocycles. The number of ether oxygens (including phenoxy) is 1. The second-order valence-electron chi connectivity index (χ2n) is 7.93. The van der Waals surface area contributed by atoms with Crippen molar-refractivity contribution in [2.75, 3.05) is 23.7 Å². The molecule has 1 amide bonds. The van der Waals surface area contributed by atoms with Crippen molar-refractivity contribution in [1.29, 1.82) is 0 Å². The predicted octanol–water partition coefficient (Wildman–Crippen LogP) is 3.91. The number of carbonyl (C=O) groups excluding carboxylic acids is 1. The van der Waals surface area contributed by atoms with E-state index < -0.39 is 9.84 Å². The monoisotopic (exact) mass is 485 g/mol. The zero-order valence-corrected chi connectivity index (χ0v) is 20.1. The molecular weight excluding hydrogens is 458 g/mol. The molecule has 3 aromatic rings. The summed E-state index contributed by atoms with van der Waals surface area (Å²) in [6, 6.07) is 14.3. The van der Waals surface area contributed by atoms with Gasteiger partial charge in [-0.3, -0.25) is 4.79 Å². The molecule has 1 fully saturated rings. The summed E-state index contributed by atoms with van der Waals surface area (Å²) >= 11 is 1.52. The summed E-state index contributed by atoms with van der Waals surface area (Å²) in [5.41, 5.74) is 4.20. The average Bonchev–Trinajstić information content (AvgIpc) is 3.37. The Morgan fingerprint density at radius 2 is 1.94 bits per heavy atom.